The van der Waals surface area contributed by atoms with Gasteiger partial charge >= 0.3 is 0 Å². The van der Waals surface area contributed by atoms with Crippen molar-refractivity contribution in [1.29, 1.82) is 0 Å². The van der Waals surface area contributed by atoms with Crippen LogP contribution < -0.4 is 0 Å². The molecular weight excluding hydrogens is 328 g/mol. The van der Waals surface area contributed by atoms with Crippen molar-refractivity contribution in [1.82, 2.24) is 19.6 Å². The van der Waals surface area contributed by atoms with Crippen LogP contribution in [0.3, 0.4) is 0 Å². The molecular formula is C17H19ClN4O2. The zero-order valence-corrected chi connectivity index (χ0v) is 14.2. The van der Waals surface area contributed by atoms with Gasteiger partial charge in [0.05, 0.1) is 18.3 Å². The smallest absolute Gasteiger partial charge is 0.257 e. The highest BCUT2D eigenvalue weighted by molar-refractivity contribution is 6.31. The minimum atomic E-state index is -0.0522. The quantitative estimate of drug-likeness (QED) is 0.852. The molecule has 0 radical (unpaired) electrons. The molecule has 1 aromatic heterocycles. The molecule has 2 heterocycles. The van der Waals surface area contributed by atoms with Gasteiger partial charge < -0.3 is 9.80 Å². The molecule has 0 unspecified atom stereocenters. The molecule has 126 valence electrons. The molecule has 0 saturated carbocycles. The minimum absolute atomic E-state index is 0.0506. The highest BCUT2D eigenvalue weighted by Crippen LogP contribution is 2.16. The van der Waals surface area contributed by atoms with Gasteiger partial charge in [-0.25, -0.2) is 0 Å². The highest BCUT2D eigenvalue weighted by Gasteiger charge is 2.24. The minimum Gasteiger partial charge on any atom is -0.339 e. The van der Waals surface area contributed by atoms with Crippen LogP contribution in [0.5, 0.6) is 0 Å². The molecule has 0 N–H and O–H groups in total. The first-order valence-corrected chi connectivity index (χ1v) is 8.23. The van der Waals surface area contributed by atoms with Crippen LogP contribution in [0.25, 0.3) is 0 Å². The fourth-order valence-corrected chi connectivity index (χ4v) is 2.96. The van der Waals surface area contributed by atoms with E-state index in [0.717, 1.165) is 5.56 Å². The molecule has 2 aromatic rings. The van der Waals surface area contributed by atoms with Crippen LogP contribution in [0, 0.1) is 0 Å². The van der Waals surface area contributed by atoms with E-state index in [0.29, 0.717) is 43.3 Å². The number of benzene rings is 1. The first kappa shape index (κ1) is 16.5. The van der Waals surface area contributed by atoms with Crippen LogP contribution in [0.4, 0.5) is 0 Å². The summed E-state index contributed by atoms with van der Waals surface area (Å²) in [6.07, 6.45) is 3.32. The molecule has 6 nitrogen and oxygen atoms in total. The maximum atomic E-state index is 12.6. The Morgan fingerprint density at radius 2 is 1.79 bits per heavy atom. The monoisotopic (exact) mass is 346 g/mol. The van der Waals surface area contributed by atoms with E-state index in [-0.39, 0.29) is 11.8 Å². The maximum Gasteiger partial charge on any atom is 0.257 e. The van der Waals surface area contributed by atoms with Gasteiger partial charge in [0.15, 0.2) is 0 Å². The van der Waals surface area contributed by atoms with Gasteiger partial charge in [-0.05, 0) is 11.6 Å². The zero-order chi connectivity index (χ0) is 17.1. The molecule has 1 saturated heterocycles. The number of hydrogen-bond donors (Lipinski definition) is 0. The summed E-state index contributed by atoms with van der Waals surface area (Å²) in [4.78, 5) is 27.4. The lowest BCUT2D eigenvalue weighted by atomic mass is 10.2. The molecule has 0 atom stereocenters. The number of aromatic nitrogens is 2. The van der Waals surface area contributed by atoms with Crippen molar-refractivity contribution >= 4 is 23.4 Å². The molecule has 1 aromatic carbocycles. The standard InChI is InChI=1S/C17H19ClN4O2/c1-13(23)20-6-8-21(9-7-20)17(24)15-10-19-22(12-15)11-14-4-2-3-5-16(14)18/h2-5,10,12H,6-9,11H2,1H3. The third kappa shape index (κ3) is 3.59. The summed E-state index contributed by atoms with van der Waals surface area (Å²) in [6.45, 7) is 4.33. The number of rotatable bonds is 3. The number of nitrogens with zero attached hydrogens (tertiary/aromatic N) is 4. The number of piperazine rings is 1. The summed E-state index contributed by atoms with van der Waals surface area (Å²) in [5.74, 6) is -0.00160. The van der Waals surface area contributed by atoms with E-state index in [4.69, 9.17) is 11.6 Å². The largest absolute Gasteiger partial charge is 0.339 e. The van der Waals surface area contributed by atoms with Crippen LogP contribution in [0.1, 0.15) is 22.8 Å². The van der Waals surface area contributed by atoms with Crippen LogP contribution in [0.2, 0.25) is 5.02 Å². The van der Waals surface area contributed by atoms with E-state index in [1.165, 1.54) is 0 Å². The average Bonchev–Trinajstić information content (AvgIpc) is 3.05. The Labute approximate surface area is 145 Å². The molecule has 1 aliphatic heterocycles. The fourth-order valence-electron chi connectivity index (χ4n) is 2.77. The molecule has 0 aliphatic carbocycles. The second-order valence-electron chi connectivity index (χ2n) is 5.82. The lowest BCUT2D eigenvalue weighted by Gasteiger charge is -2.34. The van der Waals surface area contributed by atoms with Gasteiger partial charge in [-0.15, -0.1) is 0 Å². The second-order valence-corrected chi connectivity index (χ2v) is 6.22. The normalized spacial score (nSPS) is 14.8. The van der Waals surface area contributed by atoms with Crippen molar-refractivity contribution in [3.05, 3.63) is 52.8 Å². The Hall–Kier alpha value is -2.34. The Bertz CT molecular complexity index is 751. The van der Waals surface area contributed by atoms with Gasteiger partial charge in [-0.2, -0.15) is 5.10 Å². The summed E-state index contributed by atoms with van der Waals surface area (Å²) in [7, 11) is 0. The summed E-state index contributed by atoms with van der Waals surface area (Å²) >= 11 is 6.16. The summed E-state index contributed by atoms with van der Waals surface area (Å²) in [5.41, 5.74) is 1.51. The van der Waals surface area contributed by atoms with Crippen molar-refractivity contribution in [2.75, 3.05) is 26.2 Å². The topological polar surface area (TPSA) is 58.4 Å². The van der Waals surface area contributed by atoms with Gasteiger partial charge in [-0.1, -0.05) is 29.8 Å². The predicted molar refractivity (Wildman–Crippen MR) is 90.9 cm³/mol. The molecule has 1 aliphatic rings. The number of carbonyl (C=O) groups excluding carboxylic acids is 2. The van der Waals surface area contributed by atoms with Gasteiger partial charge in [0, 0.05) is 44.3 Å². The van der Waals surface area contributed by atoms with Gasteiger partial charge in [0.1, 0.15) is 0 Å². The molecule has 3 rings (SSSR count). The third-order valence-corrected chi connectivity index (χ3v) is 4.55. The summed E-state index contributed by atoms with van der Waals surface area (Å²) < 4.78 is 1.71. The molecule has 1 fully saturated rings. The Kier molecular flexibility index (Phi) is 4.85. The van der Waals surface area contributed by atoms with Crippen molar-refractivity contribution < 1.29 is 9.59 Å². The summed E-state index contributed by atoms with van der Waals surface area (Å²) in [6, 6.07) is 7.57. The molecule has 24 heavy (non-hydrogen) atoms. The fraction of sp³-hybridized carbons (Fsp3) is 0.353. The van der Waals surface area contributed by atoms with Crippen molar-refractivity contribution in [2.45, 2.75) is 13.5 Å². The van der Waals surface area contributed by atoms with Crippen LogP contribution in [-0.4, -0.2) is 57.6 Å². The maximum absolute atomic E-state index is 12.6. The van der Waals surface area contributed by atoms with Crippen molar-refractivity contribution in [2.24, 2.45) is 0 Å². The van der Waals surface area contributed by atoms with E-state index < -0.39 is 0 Å². The number of amides is 2. The van der Waals surface area contributed by atoms with Crippen LogP contribution in [0.15, 0.2) is 36.7 Å². The zero-order valence-electron chi connectivity index (χ0n) is 13.5. The van der Waals surface area contributed by atoms with Crippen LogP contribution >= 0.6 is 11.6 Å². The first-order valence-electron chi connectivity index (χ1n) is 7.85. The first-order chi connectivity index (χ1) is 11.5. The number of halogens is 1. The second kappa shape index (κ2) is 7.05. The molecule has 7 heteroatoms. The Morgan fingerprint density at radius 1 is 1.12 bits per heavy atom. The SMILES string of the molecule is CC(=O)N1CCN(C(=O)c2cnn(Cc3ccccc3Cl)c2)CC1. The summed E-state index contributed by atoms with van der Waals surface area (Å²) in [5, 5.41) is 4.94. The van der Waals surface area contributed by atoms with Crippen molar-refractivity contribution in [3.63, 3.8) is 0 Å². The molecule has 0 bridgehead atoms. The van der Waals surface area contributed by atoms with E-state index in [2.05, 4.69) is 5.10 Å². The van der Waals surface area contributed by atoms with E-state index >= 15 is 0 Å². The van der Waals surface area contributed by atoms with Gasteiger partial charge in [-0.3, -0.25) is 14.3 Å². The van der Waals surface area contributed by atoms with Gasteiger partial charge in [0.25, 0.3) is 5.91 Å². The Morgan fingerprint density at radius 3 is 2.46 bits per heavy atom. The molecule has 2 amide bonds. The Balaban J connectivity index is 1.64. The highest BCUT2D eigenvalue weighted by atomic mass is 35.5. The van der Waals surface area contributed by atoms with E-state index in [1.54, 1.807) is 33.8 Å². The van der Waals surface area contributed by atoms with Crippen molar-refractivity contribution in [3.8, 4) is 0 Å². The number of carbonyl (C=O) groups is 2. The third-order valence-electron chi connectivity index (χ3n) is 4.18. The van der Waals surface area contributed by atoms with Crippen LogP contribution in [-0.2, 0) is 11.3 Å². The van der Waals surface area contributed by atoms with Gasteiger partial charge in [0.2, 0.25) is 5.91 Å². The predicted octanol–water partition coefficient (Wildman–Crippen LogP) is 1.89. The average molecular weight is 347 g/mol. The molecule has 0 spiro atoms. The number of hydrogen-bond acceptors (Lipinski definition) is 3. The lowest BCUT2D eigenvalue weighted by molar-refractivity contribution is -0.130. The van der Waals surface area contributed by atoms with E-state index in [9.17, 15) is 9.59 Å². The lowest BCUT2D eigenvalue weighted by Crippen LogP contribution is -2.50. The van der Waals surface area contributed by atoms with E-state index in [1.807, 2.05) is 24.3 Å².